The van der Waals surface area contributed by atoms with Gasteiger partial charge in [0.1, 0.15) is 0 Å². The molecular formula is C20H21N3O3. The van der Waals surface area contributed by atoms with Gasteiger partial charge in [0.05, 0.1) is 17.3 Å². The minimum Gasteiger partial charge on any atom is -0.310 e. The molecule has 1 saturated heterocycles. The number of hydroxylamine groups is 1. The van der Waals surface area contributed by atoms with Crippen molar-refractivity contribution in [3.05, 3.63) is 58.9 Å². The molecule has 134 valence electrons. The van der Waals surface area contributed by atoms with E-state index in [0.717, 1.165) is 41.6 Å². The summed E-state index contributed by atoms with van der Waals surface area (Å²) in [7, 11) is 0. The van der Waals surface area contributed by atoms with Gasteiger partial charge in [0.25, 0.3) is 5.91 Å². The van der Waals surface area contributed by atoms with Crippen molar-refractivity contribution < 1.29 is 14.8 Å². The van der Waals surface area contributed by atoms with Crippen LogP contribution in [0.3, 0.4) is 0 Å². The van der Waals surface area contributed by atoms with Crippen LogP contribution in [-0.4, -0.2) is 28.6 Å². The maximum absolute atomic E-state index is 13.2. The Hall–Kier alpha value is -2.73. The second-order valence-corrected chi connectivity index (χ2v) is 7.31. The number of aromatic nitrogens is 1. The number of hydrogen-bond donors (Lipinski definition) is 2. The summed E-state index contributed by atoms with van der Waals surface area (Å²) < 4.78 is 0. The molecule has 4 rings (SSSR count). The number of benzene rings is 1. The standard InChI is InChI=1S/C20H21N3O3/c1-13-8-17(12-21-11-13)23-7-6-20(19(23)25)5-4-14-9-15(18(24)22-26)2-3-16(14)10-20/h2-3,8-9,11-12,26H,4-7,10H2,1H3,(H,22,24)/t20-/m1/s1. The van der Waals surface area contributed by atoms with Crippen molar-refractivity contribution in [2.75, 3.05) is 11.4 Å². The third-order valence-electron chi connectivity index (χ3n) is 5.66. The van der Waals surface area contributed by atoms with Crippen molar-refractivity contribution in [3.8, 4) is 0 Å². The number of anilines is 1. The summed E-state index contributed by atoms with van der Waals surface area (Å²) in [5.74, 6) is -0.337. The highest BCUT2D eigenvalue weighted by molar-refractivity contribution is 6.00. The Labute approximate surface area is 151 Å². The molecule has 1 aliphatic carbocycles. The maximum atomic E-state index is 13.2. The van der Waals surface area contributed by atoms with Crippen LogP contribution in [0.15, 0.2) is 36.7 Å². The molecule has 0 unspecified atom stereocenters. The first kappa shape index (κ1) is 16.7. The van der Waals surface area contributed by atoms with E-state index in [-0.39, 0.29) is 11.3 Å². The first-order chi connectivity index (χ1) is 12.5. The first-order valence-corrected chi connectivity index (χ1v) is 8.82. The SMILES string of the molecule is Cc1cncc(N2CC[C@@]3(CCc4cc(C(=O)NO)ccc4C3)C2=O)c1. The molecule has 1 atom stereocenters. The van der Waals surface area contributed by atoms with Gasteiger partial charge in [-0.25, -0.2) is 5.48 Å². The Balaban J connectivity index is 1.60. The zero-order chi connectivity index (χ0) is 18.3. The number of amides is 2. The van der Waals surface area contributed by atoms with E-state index in [1.165, 1.54) is 0 Å². The van der Waals surface area contributed by atoms with Gasteiger partial charge in [-0.2, -0.15) is 0 Å². The first-order valence-electron chi connectivity index (χ1n) is 8.82. The average molecular weight is 351 g/mol. The van der Waals surface area contributed by atoms with E-state index in [0.29, 0.717) is 18.5 Å². The molecule has 0 radical (unpaired) electrons. The lowest BCUT2D eigenvalue weighted by Gasteiger charge is -2.33. The van der Waals surface area contributed by atoms with E-state index in [1.54, 1.807) is 23.9 Å². The summed E-state index contributed by atoms with van der Waals surface area (Å²) in [6, 6.07) is 7.42. The Morgan fingerprint density at radius 2 is 2.08 bits per heavy atom. The number of aryl methyl sites for hydroxylation is 2. The van der Waals surface area contributed by atoms with Crippen LogP contribution in [0, 0.1) is 12.3 Å². The second-order valence-electron chi connectivity index (χ2n) is 7.31. The average Bonchev–Trinajstić information content (AvgIpc) is 2.96. The quantitative estimate of drug-likeness (QED) is 0.643. The van der Waals surface area contributed by atoms with Crippen LogP contribution < -0.4 is 10.4 Å². The van der Waals surface area contributed by atoms with E-state index < -0.39 is 5.91 Å². The van der Waals surface area contributed by atoms with Gasteiger partial charge in [-0.05, 0) is 67.5 Å². The normalized spacial score (nSPS) is 21.8. The van der Waals surface area contributed by atoms with Crippen LogP contribution in [0.2, 0.25) is 0 Å². The summed E-state index contributed by atoms with van der Waals surface area (Å²) in [5.41, 5.74) is 5.85. The molecule has 6 nitrogen and oxygen atoms in total. The van der Waals surface area contributed by atoms with Crippen LogP contribution in [0.1, 0.15) is 39.9 Å². The Morgan fingerprint density at radius 1 is 1.23 bits per heavy atom. The molecule has 2 aliphatic rings. The highest BCUT2D eigenvalue weighted by Crippen LogP contribution is 2.45. The zero-order valence-corrected chi connectivity index (χ0v) is 14.7. The van der Waals surface area contributed by atoms with Crippen molar-refractivity contribution >= 4 is 17.5 Å². The highest BCUT2D eigenvalue weighted by Gasteiger charge is 2.48. The van der Waals surface area contributed by atoms with Gasteiger partial charge in [0.2, 0.25) is 5.91 Å². The van der Waals surface area contributed by atoms with E-state index in [4.69, 9.17) is 5.21 Å². The maximum Gasteiger partial charge on any atom is 0.274 e. The van der Waals surface area contributed by atoms with Crippen molar-refractivity contribution in [1.82, 2.24) is 10.5 Å². The number of nitrogens with zero attached hydrogens (tertiary/aromatic N) is 2. The molecular weight excluding hydrogens is 330 g/mol. The topological polar surface area (TPSA) is 82.5 Å². The monoisotopic (exact) mass is 351 g/mol. The number of rotatable bonds is 2. The van der Waals surface area contributed by atoms with Crippen LogP contribution in [-0.2, 0) is 17.6 Å². The third kappa shape index (κ3) is 2.66. The zero-order valence-electron chi connectivity index (χ0n) is 14.7. The van der Waals surface area contributed by atoms with Gasteiger partial charge < -0.3 is 4.90 Å². The molecule has 2 N–H and O–H groups in total. The molecule has 2 aromatic rings. The van der Waals surface area contributed by atoms with E-state index in [1.807, 2.05) is 30.0 Å². The molecule has 6 heteroatoms. The van der Waals surface area contributed by atoms with E-state index in [2.05, 4.69) is 4.98 Å². The van der Waals surface area contributed by atoms with Crippen LogP contribution in [0.25, 0.3) is 0 Å². The van der Waals surface area contributed by atoms with Gasteiger partial charge in [-0.15, -0.1) is 0 Å². The molecule has 26 heavy (non-hydrogen) atoms. The van der Waals surface area contributed by atoms with Gasteiger partial charge in [0.15, 0.2) is 0 Å². The fourth-order valence-electron chi connectivity index (χ4n) is 4.21. The molecule has 1 fully saturated rings. The minimum absolute atomic E-state index is 0.174. The number of carbonyl (C=O) groups excluding carboxylic acids is 2. The van der Waals surface area contributed by atoms with E-state index >= 15 is 0 Å². The van der Waals surface area contributed by atoms with Gasteiger partial charge in [0, 0.05) is 18.3 Å². The summed E-state index contributed by atoms with van der Waals surface area (Å²) >= 11 is 0. The molecule has 2 heterocycles. The fourth-order valence-corrected chi connectivity index (χ4v) is 4.21. The smallest absolute Gasteiger partial charge is 0.274 e. The van der Waals surface area contributed by atoms with Crippen LogP contribution >= 0.6 is 0 Å². The Morgan fingerprint density at radius 3 is 2.85 bits per heavy atom. The highest BCUT2D eigenvalue weighted by atomic mass is 16.5. The predicted molar refractivity (Wildman–Crippen MR) is 96.1 cm³/mol. The minimum atomic E-state index is -0.511. The second kappa shape index (κ2) is 6.21. The number of hydrogen-bond acceptors (Lipinski definition) is 4. The number of carbonyl (C=O) groups is 2. The van der Waals surface area contributed by atoms with Crippen molar-refractivity contribution in [1.29, 1.82) is 0 Å². The van der Waals surface area contributed by atoms with Crippen molar-refractivity contribution in [2.24, 2.45) is 5.41 Å². The van der Waals surface area contributed by atoms with Gasteiger partial charge in [-0.3, -0.25) is 19.8 Å². The van der Waals surface area contributed by atoms with E-state index in [9.17, 15) is 9.59 Å². The molecule has 1 spiro atoms. The summed E-state index contributed by atoms with van der Waals surface area (Å²) in [6.45, 7) is 2.69. The summed E-state index contributed by atoms with van der Waals surface area (Å²) in [5, 5.41) is 8.80. The van der Waals surface area contributed by atoms with Gasteiger partial charge >= 0.3 is 0 Å². The predicted octanol–water partition coefficient (Wildman–Crippen LogP) is 2.42. The lowest BCUT2D eigenvalue weighted by molar-refractivity contribution is -0.126. The van der Waals surface area contributed by atoms with Crippen LogP contribution in [0.5, 0.6) is 0 Å². The van der Waals surface area contributed by atoms with Gasteiger partial charge in [-0.1, -0.05) is 6.07 Å². The van der Waals surface area contributed by atoms with Crippen molar-refractivity contribution in [3.63, 3.8) is 0 Å². The van der Waals surface area contributed by atoms with Crippen molar-refractivity contribution in [2.45, 2.75) is 32.6 Å². The molecule has 1 aromatic carbocycles. The molecule has 0 bridgehead atoms. The summed E-state index contributed by atoms with van der Waals surface area (Å²) in [6.07, 6.45) is 6.60. The number of pyridine rings is 1. The summed E-state index contributed by atoms with van der Waals surface area (Å²) in [4.78, 5) is 30.9. The molecule has 1 aromatic heterocycles. The number of nitrogens with one attached hydrogen (secondary N) is 1. The van der Waals surface area contributed by atoms with Crippen LogP contribution in [0.4, 0.5) is 5.69 Å². The number of fused-ring (bicyclic) bond motifs is 1. The Bertz CT molecular complexity index is 896. The fraction of sp³-hybridized carbons (Fsp3) is 0.350. The molecule has 0 saturated carbocycles. The lowest BCUT2D eigenvalue weighted by atomic mass is 9.70. The molecule has 1 aliphatic heterocycles. The Kier molecular flexibility index (Phi) is 4.00. The third-order valence-corrected chi connectivity index (χ3v) is 5.66. The lowest BCUT2D eigenvalue weighted by Crippen LogP contribution is -2.39. The largest absolute Gasteiger partial charge is 0.310 e. The molecule has 2 amide bonds.